The molecule has 0 heterocycles. The third-order valence-corrected chi connectivity index (χ3v) is 19.3. The first-order chi connectivity index (χ1) is 24.7. The average Bonchev–Trinajstić information content (AvgIpc) is 3.12. The van der Waals surface area contributed by atoms with Crippen LogP contribution in [0.3, 0.4) is 0 Å². The fourth-order valence-corrected chi connectivity index (χ4v) is 14.2. The molecule has 0 rings (SSSR count). The van der Waals surface area contributed by atoms with E-state index < -0.39 is 6.69 Å². The lowest BCUT2D eigenvalue weighted by Gasteiger charge is -2.25. The molecule has 0 aliphatic rings. The van der Waals surface area contributed by atoms with Crippen LogP contribution in [0, 0.1) is 0 Å². The zero-order valence-electron chi connectivity index (χ0n) is 35.7. The minimum absolute atomic E-state index is 1.25. The Morgan fingerprint density at radius 2 is 0.320 bits per heavy atom. The largest absolute Gasteiger partial charge is 0.130 e. The second-order valence-corrected chi connectivity index (χ2v) is 26.0. The van der Waals surface area contributed by atoms with Crippen molar-refractivity contribution >= 4 is 22.0 Å². The molecule has 0 spiro atoms. The van der Waals surface area contributed by atoms with Crippen molar-refractivity contribution in [2.75, 3.05) is 0 Å². The highest BCUT2D eigenvalue weighted by Crippen LogP contribution is 2.35. The van der Waals surface area contributed by atoms with Gasteiger partial charge in [0, 0.05) is 0 Å². The van der Waals surface area contributed by atoms with Crippen molar-refractivity contribution in [3.8, 4) is 0 Å². The molecule has 0 atom stereocenters. The molecule has 0 fully saturated rings. The molecule has 302 valence electrons. The molecule has 0 saturated heterocycles. The van der Waals surface area contributed by atoms with Crippen LogP contribution in [0.15, 0.2) is 0 Å². The van der Waals surface area contributed by atoms with E-state index >= 15 is 0 Å². The zero-order chi connectivity index (χ0) is 36.3. The first kappa shape index (κ1) is 50.7. The predicted octanol–water partition coefficient (Wildman–Crippen LogP) is 19.8. The van der Waals surface area contributed by atoms with Crippen molar-refractivity contribution in [2.24, 2.45) is 0 Å². The first-order valence-corrected chi connectivity index (χ1v) is 29.2. The van der Waals surface area contributed by atoms with E-state index in [0.717, 1.165) is 0 Å². The maximum absolute atomic E-state index is 4.54. The topological polar surface area (TPSA) is 0 Å². The summed E-state index contributed by atoms with van der Waals surface area (Å²) in [4.78, 5) is 0. The lowest BCUT2D eigenvalue weighted by molar-refractivity contribution is 0.536. The van der Waals surface area contributed by atoms with Crippen molar-refractivity contribution in [2.45, 2.75) is 309 Å². The number of rotatable bonds is 45. The quantitative estimate of drug-likeness (QED) is 0.0328. The van der Waals surface area contributed by atoms with Crippen LogP contribution >= 0.6 is 15.3 Å². The third-order valence-electron chi connectivity index (χ3n) is 11.9. The molecular formula is C48H99BrSi. The Kier molecular flexibility index (Phi) is 44.7. The van der Waals surface area contributed by atoms with Gasteiger partial charge in [0.05, 0.1) is 0 Å². The Bertz CT molecular complexity index is 512. The predicted molar refractivity (Wildman–Crippen MR) is 240 cm³/mol. The summed E-state index contributed by atoms with van der Waals surface area (Å²) in [6.07, 6.45) is 62.0. The van der Waals surface area contributed by atoms with E-state index in [1.54, 1.807) is 18.1 Å². The lowest BCUT2D eigenvalue weighted by atomic mass is 10.0. The first-order valence-electron chi connectivity index (χ1n) is 24.4. The molecule has 0 bridgehead atoms. The molecule has 0 aromatic heterocycles. The van der Waals surface area contributed by atoms with Gasteiger partial charge in [0.2, 0.25) is 0 Å². The highest BCUT2D eigenvalue weighted by Gasteiger charge is 2.28. The van der Waals surface area contributed by atoms with Crippen LogP contribution in [-0.4, -0.2) is 6.69 Å². The summed E-state index contributed by atoms with van der Waals surface area (Å²) in [7, 11) is 0. The fourth-order valence-electron chi connectivity index (χ4n) is 8.28. The van der Waals surface area contributed by atoms with Gasteiger partial charge < -0.3 is 0 Å². The van der Waals surface area contributed by atoms with Crippen LogP contribution in [0.4, 0.5) is 0 Å². The number of hydrogen-bond donors (Lipinski definition) is 0. The number of unbranched alkanes of at least 4 members (excludes halogenated alkanes) is 39. The van der Waals surface area contributed by atoms with E-state index in [1.807, 2.05) is 0 Å². The molecule has 0 unspecified atom stereocenters. The van der Waals surface area contributed by atoms with Gasteiger partial charge in [-0.1, -0.05) is 290 Å². The number of halogens is 1. The second-order valence-electron chi connectivity index (χ2n) is 17.2. The molecule has 0 nitrogen and oxygen atoms in total. The van der Waals surface area contributed by atoms with Crippen LogP contribution in [0.1, 0.15) is 290 Å². The van der Waals surface area contributed by atoms with Gasteiger partial charge in [-0.2, -0.15) is 0 Å². The highest BCUT2D eigenvalue weighted by molar-refractivity contribution is 9.26. The van der Waals surface area contributed by atoms with E-state index in [2.05, 4.69) is 36.1 Å². The van der Waals surface area contributed by atoms with Crippen LogP contribution in [0.2, 0.25) is 18.1 Å². The van der Waals surface area contributed by atoms with Crippen LogP contribution in [-0.2, 0) is 0 Å². The van der Waals surface area contributed by atoms with Crippen LogP contribution in [0.25, 0.3) is 0 Å². The molecule has 0 aliphatic carbocycles. The van der Waals surface area contributed by atoms with Gasteiger partial charge in [-0.05, 0) is 18.1 Å². The maximum Gasteiger partial charge on any atom is 0.130 e. The molecule has 0 aromatic rings. The molecular weight excluding hydrogens is 685 g/mol. The SMILES string of the molecule is CCCCCCCCCCCCCCCC[Si](Br)(CCCCCCCCCCCCCCCC)CCCCCCCCCCCCCCCC. The molecule has 0 amide bonds. The molecule has 2 heteroatoms. The summed E-state index contributed by atoms with van der Waals surface area (Å²) in [6, 6.07) is 4.67. The van der Waals surface area contributed by atoms with Gasteiger partial charge in [-0.15, -0.1) is 15.3 Å². The van der Waals surface area contributed by atoms with Gasteiger partial charge in [0.25, 0.3) is 0 Å². The van der Waals surface area contributed by atoms with Crippen molar-refractivity contribution in [1.82, 2.24) is 0 Å². The summed E-state index contributed by atoms with van der Waals surface area (Å²) < 4.78 is 0. The third kappa shape index (κ3) is 41.5. The minimum atomic E-state index is -1.25. The maximum atomic E-state index is 4.54. The van der Waals surface area contributed by atoms with Gasteiger partial charge in [-0.25, -0.2) is 0 Å². The Labute approximate surface area is 329 Å². The van der Waals surface area contributed by atoms with Crippen LogP contribution in [0.5, 0.6) is 0 Å². The summed E-state index contributed by atoms with van der Waals surface area (Å²) in [5, 5.41) is 0. The summed E-state index contributed by atoms with van der Waals surface area (Å²) in [5.74, 6) is 0. The summed E-state index contributed by atoms with van der Waals surface area (Å²) in [6.45, 7) is 5.72. The van der Waals surface area contributed by atoms with Crippen molar-refractivity contribution in [1.29, 1.82) is 0 Å². The van der Waals surface area contributed by atoms with Crippen molar-refractivity contribution in [3.63, 3.8) is 0 Å². The number of hydrogen-bond acceptors (Lipinski definition) is 0. The smallest absolute Gasteiger partial charge is 0.126 e. The Morgan fingerprint density at radius 3 is 0.460 bits per heavy atom. The molecule has 0 aliphatic heterocycles. The summed E-state index contributed by atoms with van der Waals surface area (Å²) in [5.41, 5.74) is 0. The second kappa shape index (κ2) is 44.1. The lowest BCUT2D eigenvalue weighted by Crippen LogP contribution is -2.25. The van der Waals surface area contributed by atoms with E-state index in [-0.39, 0.29) is 0 Å². The standard InChI is InChI=1S/C48H99BrSi/c1-4-7-10-13-16-19-22-25-28-31-34-37-40-43-46-50(49,47-44-41-38-35-32-29-26-23-20-17-14-11-8-5-2)48-45-42-39-36-33-30-27-24-21-18-15-12-9-6-3/h4-48H2,1-3H3. The fraction of sp³-hybridized carbons (Fsp3) is 1.00. The molecule has 0 radical (unpaired) electrons. The molecule has 0 N–H and O–H groups in total. The monoisotopic (exact) mass is 783 g/mol. The summed E-state index contributed by atoms with van der Waals surface area (Å²) >= 11 is 4.54. The Hall–Kier alpha value is 0.697. The van der Waals surface area contributed by atoms with Crippen molar-refractivity contribution < 1.29 is 0 Å². The normalized spacial score (nSPS) is 12.0. The Morgan fingerprint density at radius 1 is 0.200 bits per heavy atom. The Balaban J connectivity index is 4.07. The van der Waals surface area contributed by atoms with Gasteiger partial charge >= 0.3 is 0 Å². The van der Waals surface area contributed by atoms with Crippen LogP contribution < -0.4 is 0 Å². The molecule has 0 saturated carbocycles. The highest BCUT2D eigenvalue weighted by atomic mass is 79.9. The van der Waals surface area contributed by atoms with E-state index in [1.165, 1.54) is 270 Å². The minimum Gasteiger partial charge on any atom is -0.126 e. The van der Waals surface area contributed by atoms with Crippen molar-refractivity contribution in [3.05, 3.63) is 0 Å². The van der Waals surface area contributed by atoms with Gasteiger partial charge in [0.15, 0.2) is 0 Å². The molecule has 50 heavy (non-hydrogen) atoms. The average molecular weight is 784 g/mol. The van der Waals surface area contributed by atoms with Gasteiger partial charge in [0.1, 0.15) is 6.69 Å². The van der Waals surface area contributed by atoms with E-state index in [0.29, 0.717) is 0 Å². The zero-order valence-corrected chi connectivity index (χ0v) is 38.3. The van der Waals surface area contributed by atoms with E-state index in [4.69, 9.17) is 0 Å². The van der Waals surface area contributed by atoms with E-state index in [9.17, 15) is 0 Å². The van der Waals surface area contributed by atoms with Gasteiger partial charge in [-0.3, -0.25) is 0 Å². The molecule has 0 aromatic carbocycles.